The van der Waals surface area contributed by atoms with Crippen molar-refractivity contribution in [2.45, 2.75) is 32.3 Å². The predicted octanol–water partition coefficient (Wildman–Crippen LogP) is 4.08. The van der Waals surface area contributed by atoms with Crippen molar-refractivity contribution in [2.24, 2.45) is 0 Å². The van der Waals surface area contributed by atoms with E-state index in [1.54, 1.807) is 48.7 Å². The number of aromatic nitrogens is 2. The second-order valence-electron chi connectivity index (χ2n) is 8.18. The van der Waals surface area contributed by atoms with E-state index >= 15 is 4.39 Å². The van der Waals surface area contributed by atoms with E-state index in [-0.39, 0.29) is 17.6 Å². The van der Waals surface area contributed by atoms with Crippen LogP contribution in [0.15, 0.2) is 48.8 Å². The summed E-state index contributed by atoms with van der Waals surface area (Å²) in [5, 5.41) is 0. The number of aryl methyl sites for hydroxylation is 1. The number of halogens is 1. The molecule has 0 saturated carbocycles. The number of carbonyl (C=O) groups is 1. The smallest absolute Gasteiger partial charge is 0.256 e. The van der Waals surface area contributed by atoms with E-state index in [9.17, 15) is 4.79 Å². The Labute approximate surface area is 199 Å². The van der Waals surface area contributed by atoms with Gasteiger partial charge in [0.15, 0.2) is 0 Å². The molecule has 1 aliphatic heterocycles. The third kappa shape index (κ3) is 5.08. The standard InChI is InChI=1S/C27H27FN4O2/c1-3-25-22(7-4-18-5-9-26(29)31-17-18)21(10-13-30-25)19-6-8-23(24(28)16-19)27(33)32-14-11-20(34-2)12-15-32/h5-6,8-10,13,16-17,20H,3,11-12,14-15H2,1-2H3,(H2,29,31). The van der Waals surface area contributed by atoms with E-state index in [2.05, 4.69) is 21.8 Å². The average molecular weight is 459 g/mol. The van der Waals surface area contributed by atoms with E-state index < -0.39 is 5.82 Å². The third-order valence-corrected chi connectivity index (χ3v) is 6.06. The SMILES string of the molecule is CCc1nccc(-c2ccc(C(=O)N3CCC(OC)CC3)c(F)c2)c1C#Cc1ccc(N)nc1. The molecule has 1 fully saturated rings. The number of methoxy groups -OCH3 is 1. The van der Waals surface area contributed by atoms with Crippen LogP contribution < -0.4 is 5.73 Å². The second-order valence-corrected chi connectivity index (χ2v) is 8.18. The molecule has 174 valence electrons. The Kier molecular flexibility index (Phi) is 7.19. The summed E-state index contributed by atoms with van der Waals surface area (Å²) >= 11 is 0. The monoisotopic (exact) mass is 458 g/mol. The zero-order valence-corrected chi connectivity index (χ0v) is 19.3. The molecule has 2 aromatic heterocycles. The van der Waals surface area contributed by atoms with Crippen LogP contribution in [0.2, 0.25) is 0 Å². The number of pyridine rings is 2. The Morgan fingerprint density at radius 1 is 1.18 bits per heavy atom. The van der Waals surface area contributed by atoms with Crippen LogP contribution in [0.1, 0.15) is 46.9 Å². The van der Waals surface area contributed by atoms with Gasteiger partial charge in [0.1, 0.15) is 11.6 Å². The molecule has 4 rings (SSSR count). The maximum absolute atomic E-state index is 15.1. The minimum Gasteiger partial charge on any atom is -0.384 e. The van der Waals surface area contributed by atoms with E-state index in [4.69, 9.17) is 10.5 Å². The van der Waals surface area contributed by atoms with Crippen LogP contribution >= 0.6 is 0 Å². The van der Waals surface area contributed by atoms with Crippen LogP contribution in [0.25, 0.3) is 11.1 Å². The van der Waals surface area contributed by atoms with Crippen molar-refractivity contribution in [3.05, 3.63) is 77.0 Å². The molecule has 0 radical (unpaired) electrons. The van der Waals surface area contributed by atoms with Gasteiger partial charge < -0.3 is 15.4 Å². The summed E-state index contributed by atoms with van der Waals surface area (Å²) in [6, 6.07) is 10.0. The number of carbonyl (C=O) groups excluding carboxylic acids is 1. The topological polar surface area (TPSA) is 81.3 Å². The Morgan fingerprint density at radius 3 is 2.62 bits per heavy atom. The average Bonchev–Trinajstić information content (AvgIpc) is 2.87. The molecule has 1 aromatic carbocycles. The summed E-state index contributed by atoms with van der Waals surface area (Å²) in [5.74, 6) is 5.86. The first-order valence-electron chi connectivity index (χ1n) is 11.3. The summed E-state index contributed by atoms with van der Waals surface area (Å²) in [6.07, 6.45) is 5.64. The molecule has 2 N–H and O–H groups in total. The lowest BCUT2D eigenvalue weighted by Crippen LogP contribution is -2.40. The fourth-order valence-electron chi connectivity index (χ4n) is 4.09. The Morgan fingerprint density at radius 2 is 1.97 bits per heavy atom. The molecule has 0 spiro atoms. The molecular formula is C27H27FN4O2. The lowest BCUT2D eigenvalue weighted by atomic mass is 9.96. The molecule has 3 heterocycles. The lowest BCUT2D eigenvalue weighted by molar-refractivity contribution is 0.0348. The molecule has 6 nitrogen and oxygen atoms in total. The van der Waals surface area contributed by atoms with Crippen molar-refractivity contribution < 1.29 is 13.9 Å². The van der Waals surface area contributed by atoms with Gasteiger partial charge in [0.05, 0.1) is 22.9 Å². The number of benzene rings is 1. The molecule has 1 amide bonds. The molecular weight excluding hydrogens is 431 g/mol. The second kappa shape index (κ2) is 10.4. The van der Waals surface area contributed by atoms with Crippen molar-refractivity contribution in [1.29, 1.82) is 0 Å². The number of ether oxygens (including phenoxy) is 1. The molecule has 34 heavy (non-hydrogen) atoms. The first kappa shape index (κ1) is 23.4. The number of hydrogen-bond donors (Lipinski definition) is 1. The summed E-state index contributed by atoms with van der Waals surface area (Å²) in [7, 11) is 1.68. The number of piperidine rings is 1. The minimum absolute atomic E-state index is 0.0740. The lowest BCUT2D eigenvalue weighted by Gasteiger charge is -2.31. The molecule has 0 unspecified atom stereocenters. The first-order valence-corrected chi connectivity index (χ1v) is 11.3. The van der Waals surface area contributed by atoms with Gasteiger partial charge in [-0.15, -0.1) is 0 Å². The predicted molar refractivity (Wildman–Crippen MR) is 130 cm³/mol. The fraction of sp³-hybridized carbons (Fsp3) is 0.296. The number of nitrogens with two attached hydrogens (primary N) is 1. The number of nitrogen functional groups attached to an aromatic ring is 1. The van der Waals surface area contributed by atoms with Gasteiger partial charge in [0.25, 0.3) is 5.91 Å². The summed E-state index contributed by atoms with van der Waals surface area (Å²) in [6.45, 7) is 3.11. The van der Waals surface area contributed by atoms with Crippen molar-refractivity contribution in [3.63, 3.8) is 0 Å². The van der Waals surface area contributed by atoms with Crippen LogP contribution in [-0.4, -0.2) is 47.1 Å². The van der Waals surface area contributed by atoms with Gasteiger partial charge in [-0.25, -0.2) is 9.37 Å². The maximum Gasteiger partial charge on any atom is 0.256 e. The largest absolute Gasteiger partial charge is 0.384 e. The highest BCUT2D eigenvalue weighted by atomic mass is 19.1. The fourth-order valence-corrected chi connectivity index (χ4v) is 4.09. The van der Waals surface area contributed by atoms with Crippen LogP contribution in [-0.2, 0) is 11.2 Å². The summed E-state index contributed by atoms with van der Waals surface area (Å²) in [4.78, 5) is 23.1. The van der Waals surface area contributed by atoms with Crippen molar-refractivity contribution in [3.8, 4) is 23.0 Å². The number of rotatable bonds is 4. The van der Waals surface area contributed by atoms with E-state index in [0.717, 1.165) is 35.2 Å². The number of anilines is 1. The van der Waals surface area contributed by atoms with E-state index in [1.807, 2.05) is 13.0 Å². The molecule has 7 heteroatoms. The van der Waals surface area contributed by atoms with Gasteiger partial charge >= 0.3 is 0 Å². The van der Waals surface area contributed by atoms with Crippen molar-refractivity contribution >= 4 is 11.7 Å². The summed E-state index contributed by atoms with van der Waals surface area (Å²) < 4.78 is 20.5. The molecule has 3 aromatic rings. The number of likely N-dealkylation sites (tertiary alicyclic amines) is 1. The molecule has 0 bridgehead atoms. The van der Waals surface area contributed by atoms with Crippen LogP contribution in [0.4, 0.5) is 10.2 Å². The Hall–Kier alpha value is -3.76. The molecule has 1 aliphatic rings. The van der Waals surface area contributed by atoms with Crippen molar-refractivity contribution in [1.82, 2.24) is 14.9 Å². The number of hydrogen-bond acceptors (Lipinski definition) is 5. The highest BCUT2D eigenvalue weighted by Crippen LogP contribution is 2.28. The zero-order chi connectivity index (χ0) is 24.1. The molecule has 1 saturated heterocycles. The quantitative estimate of drug-likeness (QED) is 0.596. The highest BCUT2D eigenvalue weighted by Gasteiger charge is 2.25. The zero-order valence-electron chi connectivity index (χ0n) is 19.3. The van der Waals surface area contributed by atoms with E-state index in [1.165, 1.54) is 6.07 Å². The Balaban J connectivity index is 1.64. The number of amides is 1. The molecule has 0 atom stereocenters. The minimum atomic E-state index is -0.548. The Bertz CT molecular complexity index is 1240. The van der Waals surface area contributed by atoms with Gasteiger partial charge in [-0.05, 0) is 55.2 Å². The van der Waals surface area contributed by atoms with Crippen LogP contribution in [0, 0.1) is 17.7 Å². The normalized spacial score (nSPS) is 13.9. The molecule has 0 aliphatic carbocycles. The maximum atomic E-state index is 15.1. The summed E-state index contributed by atoms with van der Waals surface area (Å²) in [5.41, 5.74) is 9.39. The third-order valence-electron chi connectivity index (χ3n) is 6.06. The van der Waals surface area contributed by atoms with E-state index in [0.29, 0.717) is 30.9 Å². The first-order chi connectivity index (χ1) is 16.5. The van der Waals surface area contributed by atoms with Crippen molar-refractivity contribution in [2.75, 3.05) is 25.9 Å². The van der Waals surface area contributed by atoms with Gasteiger partial charge in [-0.3, -0.25) is 9.78 Å². The number of nitrogens with zero attached hydrogens (tertiary/aromatic N) is 3. The van der Waals surface area contributed by atoms with Crippen LogP contribution in [0.3, 0.4) is 0 Å². The van der Waals surface area contributed by atoms with Gasteiger partial charge in [0.2, 0.25) is 0 Å². The van der Waals surface area contributed by atoms with Gasteiger partial charge in [-0.2, -0.15) is 0 Å². The van der Waals surface area contributed by atoms with Gasteiger partial charge in [0, 0.05) is 43.7 Å². The van der Waals surface area contributed by atoms with Crippen LogP contribution in [0.5, 0.6) is 0 Å². The highest BCUT2D eigenvalue weighted by molar-refractivity contribution is 5.95. The van der Waals surface area contributed by atoms with Gasteiger partial charge in [-0.1, -0.05) is 24.8 Å².